The van der Waals surface area contributed by atoms with Crippen molar-refractivity contribution in [1.82, 2.24) is 10.2 Å². The molecule has 1 aromatic rings. The molecule has 0 saturated carbocycles. The summed E-state index contributed by atoms with van der Waals surface area (Å²) in [7, 11) is 0. The lowest BCUT2D eigenvalue weighted by Gasteiger charge is -2.42. The summed E-state index contributed by atoms with van der Waals surface area (Å²) in [4.78, 5) is 13.7. The Morgan fingerprint density at radius 1 is 1.55 bits per heavy atom. The third-order valence-electron chi connectivity index (χ3n) is 3.98. The number of carbonyl (C=O) groups is 1. The van der Waals surface area contributed by atoms with Gasteiger partial charge >= 0.3 is 6.03 Å². The summed E-state index contributed by atoms with van der Waals surface area (Å²) in [5.74, 6) is 0.958. The van der Waals surface area contributed by atoms with Gasteiger partial charge in [-0.2, -0.15) is 0 Å². The number of furan rings is 1. The van der Waals surface area contributed by atoms with Crippen LogP contribution in [0.2, 0.25) is 0 Å². The topological polar surface area (TPSA) is 65.7 Å². The number of nitrogens with zero attached hydrogens (tertiary/aromatic N) is 1. The van der Waals surface area contributed by atoms with Gasteiger partial charge in [-0.05, 0) is 29.9 Å². The first kappa shape index (κ1) is 14.9. The van der Waals surface area contributed by atoms with Gasteiger partial charge in [0, 0.05) is 13.1 Å². The molecule has 1 saturated heterocycles. The van der Waals surface area contributed by atoms with Crippen molar-refractivity contribution < 1.29 is 14.3 Å². The molecule has 0 aliphatic carbocycles. The zero-order valence-corrected chi connectivity index (χ0v) is 12.4. The van der Waals surface area contributed by atoms with Crippen LogP contribution >= 0.6 is 0 Å². The number of aliphatic hydroxyl groups is 1. The maximum Gasteiger partial charge on any atom is 0.317 e. The van der Waals surface area contributed by atoms with E-state index < -0.39 is 6.10 Å². The van der Waals surface area contributed by atoms with Crippen LogP contribution in [0.5, 0.6) is 0 Å². The van der Waals surface area contributed by atoms with E-state index in [9.17, 15) is 9.90 Å². The van der Waals surface area contributed by atoms with E-state index in [2.05, 4.69) is 26.1 Å². The van der Waals surface area contributed by atoms with E-state index in [4.69, 9.17) is 4.42 Å². The molecule has 1 aromatic heterocycles. The van der Waals surface area contributed by atoms with Gasteiger partial charge in [0.15, 0.2) is 0 Å². The van der Waals surface area contributed by atoms with Gasteiger partial charge in [0.1, 0.15) is 5.76 Å². The highest BCUT2D eigenvalue weighted by Crippen LogP contribution is 2.34. The summed E-state index contributed by atoms with van der Waals surface area (Å²) >= 11 is 0. The van der Waals surface area contributed by atoms with E-state index >= 15 is 0 Å². The Hall–Kier alpha value is -1.49. The van der Waals surface area contributed by atoms with Crippen LogP contribution in [0.15, 0.2) is 22.8 Å². The Balaban J connectivity index is 1.84. The molecule has 20 heavy (non-hydrogen) atoms. The van der Waals surface area contributed by atoms with Gasteiger partial charge in [-0.3, -0.25) is 0 Å². The summed E-state index contributed by atoms with van der Waals surface area (Å²) in [6, 6.07) is 3.47. The standard InChI is InChI=1S/C15H24N2O3/c1-15(2,3)12-6-7-17(10-13(12)18)14(19)16-9-11-5-4-8-20-11/h4-5,8,12-13,18H,6-7,9-10H2,1-3H3,(H,16,19)/t12-,13-/m1/s1. The number of urea groups is 1. The Labute approximate surface area is 119 Å². The second-order valence-corrected chi connectivity index (χ2v) is 6.51. The molecule has 0 spiro atoms. The minimum Gasteiger partial charge on any atom is -0.467 e. The minimum absolute atomic E-state index is 0.0656. The van der Waals surface area contributed by atoms with Gasteiger partial charge in [-0.1, -0.05) is 20.8 Å². The van der Waals surface area contributed by atoms with Crippen molar-refractivity contribution in [2.24, 2.45) is 11.3 Å². The van der Waals surface area contributed by atoms with E-state index in [0.717, 1.165) is 12.2 Å². The zero-order valence-electron chi connectivity index (χ0n) is 12.4. The van der Waals surface area contributed by atoms with Gasteiger partial charge in [0.25, 0.3) is 0 Å². The van der Waals surface area contributed by atoms with Crippen LogP contribution < -0.4 is 5.32 Å². The van der Waals surface area contributed by atoms with E-state index in [0.29, 0.717) is 19.6 Å². The molecular formula is C15H24N2O3. The van der Waals surface area contributed by atoms with E-state index in [1.165, 1.54) is 0 Å². The summed E-state index contributed by atoms with van der Waals surface area (Å²) in [6.07, 6.45) is 1.96. The van der Waals surface area contributed by atoms with Crippen LogP contribution in [0.25, 0.3) is 0 Å². The molecule has 2 rings (SSSR count). The molecular weight excluding hydrogens is 256 g/mol. The molecule has 1 aliphatic heterocycles. The first-order valence-electron chi connectivity index (χ1n) is 7.11. The maximum absolute atomic E-state index is 12.1. The first-order chi connectivity index (χ1) is 9.38. The number of nitrogens with one attached hydrogen (secondary N) is 1. The highest BCUT2D eigenvalue weighted by atomic mass is 16.3. The lowest BCUT2D eigenvalue weighted by Crippen LogP contribution is -2.52. The molecule has 112 valence electrons. The van der Waals surface area contributed by atoms with Crippen molar-refractivity contribution in [3.8, 4) is 0 Å². The van der Waals surface area contributed by atoms with Gasteiger partial charge in [-0.25, -0.2) is 4.79 Å². The molecule has 1 fully saturated rings. The SMILES string of the molecule is CC(C)(C)[C@@H]1CCN(C(=O)NCc2ccco2)C[C@H]1O. The smallest absolute Gasteiger partial charge is 0.317 e. The number of likely N-dealkylation sites (tertiary alicyclic amines) is 1. The summed E-state index contributed by atoms with van der Waals surface area (Å²) in [5, 5.41) is 13.0. The van der Waals surface area contributed by atoms with Crippen LogP contribution in [-0.4, -0.2) is 35.2 Å². The van der Waals surface area contributed by atoms with Gasteiger partial charge in [-0.15, -0.1) is 0 Å². The quantitative estimate of drug-likeness (QED) is 0.873. The van der Waals surface area contributed by atoms with Crippen LogP contribution in [-0.2, 0) is 6.54 Å². The van der Waals surface area contributed by atoms with E-state index in [1.807, 2.05) is 6.07 Å². The average molecular weight is 280 g/mol. The van der Waals surface area contributed by atoms with E-state index in [1.54, 1.807) is 17.2 Å². The number of carbonyl (C=O) groups excluding carboxylic acids is 1. The summed E-state index contributed by atoms with van der Waals surface area (Å²) in [5.41, 5.74) is 0.0656. The molecule has 0 unspecified atom stereocenters. The molecule has 1 aliphatic rings. The summed E-state index contributed by atoms with van der Waals surface area (Å²) in [6.45, 7) is 7.85. The Morgan fingerprint density at radius 3 is 2.85 bits per heavy atom. The number of hydrogen-bond donors (Lipinski definition) is 2. The number of piperidine rings is 1. The fourth-order valence-electron chi connectivity index (χ4n) is 2.81. The number of aliphatic hydroxyl groups excluding tert-OH is 1. The Kier molecular flexibility index (Phi) is 4.38. The second kappa shape index (κ2) is 5.87. The van der Waals surface area contributed by atoms with Crippen molar-refractivity contribution in [2.75, 3.05) is 13.1 Å². The van der Waals surface area contributed by atoms with Crippen molar-refractivity contribution in [2.45, 2.75) is 39.8 Å². The summed E-state index contributed by atoms with van der Waals surface area (Å²) < 4.78 is 5.17. The molecule has 2 heterocycles. The third kappa shape index (κ3) is 3.54. The predicted molar refractivity (Wildman–Crippen MR) is 76.1 cm³/mol. The van der Waals surface area contributed by atoms with Crippen molar-refractivity contribution in [3.05, 3.63) is 24.2 Å². The van der Waals surface area contributed by atoms with Gasteiger partial charge in [0.2, 0.25) is 0 Å². The van der Waals surface area contributed by atoms with Gasteiger partial charge in [0.05, 0.1) is 18.9 Å². The molecule has 2 amide bonds. The van der Waals surface area contributed by atoms with Crippen molar-refractivity contribution in [3.63, 3.8) is 0 Å². The zero-order chi connectivity index (χ0) is 14.8. The largest absolute Gasteiger partial charge is 0.467 e. The van der Waals surface area contributed by atoms with Crippen LogP contribution in [0.1, 0.15) is 33.0 Å². The Morgan fingerprint density at radius 2 is 2.30 bits per heavy atom. The molecule has 2 N–H and O–H groups in total. The van der Waals surface area contributed by atoms with Crippen LogP contribution in [0.3, 0.4) is 0 Å². The lowest BCUT2D eigenvalue weighted by molar-refractivity contribution is -0.0124. The minimum atomic E-state index is -0.460. The van der Waals surface area contributed by atoms with Crippen LogP contribution in [0, 0.1) is 11.3 Å². The first-order valence-corrected chi connectivity index (χ1v) is 7.11. The molecule has 0 radical (unpaired) electrons. The number of β-amino-alcohol motifs (C(OH)–C–C–N with tert-alkyl or cyclic N) is 1. The lowest BCUT2D eigenvalue weighted by atomic mass is 9.74. The molecule has 0 aromatic carbocycles. The molecule has 5 heteroatoms. The maximum atomic E-state index is 12.1. The highest BCUT2D eigenvalue weighted by molar-refractivity contribution is 5.74. The van der Waals surface area contributed by atoms with Gasteiger partial charge < -0.3 is 19.7 Å². The molecule has 2 atom stereocenters. The van der Waals surface area contributed by atoms with Crippen LogP contribution in [0.4, 0.5) is 4.79 Å². The second-order valence-electron chi connectivity index (χ2n) is 6.51. The number of rotatable bonds is 2. The van der Waals surface area contributed by atoms with Crippen molar-refractivity contribution >= 4 is 6.03 Å². The van der Waals surface area contributed by atoms with Crippen molar-refractivity contribution in [1.29, 1.82) is 0 Å². The number of amides is 2. The molecule has 0 bridgehead atoms. The fraction of sp³-hybridized carbons (Fsp3) is 0.667. The fourth-order valence-corrected chi connectivity index (χ4v) is 2.81. The number of hydrogen-bond acceptors (Lipinski definition) is 3. The molecule has 5 nitrogen and oxygen atoms in total. The highest BCUT2D eigenvalue weighted by Gasteiger charge is 2.36. The monoisotopic (exact) mass is 280 g/mol. The third-order valence-corrected chi connectivity index (χ3v) is 3.98. The normalized spacial score (nSPS) is 23.7. The Bertz CT molecular complexity index is 436. The van der Waals surface area contributed by atoms with E-state index in [-0.39, 0.29) is 17.4 Å². The average Bonchev–Trinajstić information content (AvgIpc) is 2.87. The predicted octanol–water partition coefficient (Wildman–Crippen LogP) is 2.22.